The summed E-state index contributed by atoms with van der Waals surface area (Å²) in [6.45, 7) is 7.59. The molecule has 9 nitrogen and oxygen atoms in total. The molecule has 0 radical (unpaired) electrons. The van der Waals surface area contributed by atoms with Crippen molar-refractivity contribution in [2.24, 2.45) is 5.41 Å². The lowest BCUT2D eigenvalue weighted by Gasteiger charge is -2.25. The summed E-state index contributed by atoms with van der Waals surface area (Å²) >= 11 is 6.56. The maximum Gasteiger partial charge on any atom is 0.303 e. The van der Waals surface area contributed by atoms with Gasteiger partial charge in [-0.3, -0.25) is 9.59 Å². The molecule has 0 spiro atoms. The van der Waals surface area contributed by atoms with E-state index in [1.54, 1.807) is 18.3 Å². The number of rotatable bonds is 7. The predicted octanol–water partition coefficient (Wildman–Crippen LogP) is 3.95. The number of pyridine rings is 1. The molecule has 1 aliphatic heterocycles. The second-order valence-corrected chi connectivity index (χ2v) is 12.1. The van der Waals surface area contributed by atoms with Gasteiger partial charge in [-0.15, -0.1) is 0 Å². The smallest absolute Gasteiger partial charge is 0.303 e. The molecule has 2 heterocycles. The number of carbonyl (C=O) groups is 2. The highest BCUT2D eigenvalue weighted by atomic mass is 35.5. The largest absolute Gasteiger partial charge is 0.481 e. The minimum Gasteiger partial charge on any atom is -0.481 e. The topological polar surface area (TPSA) is 137 Å². The van der Waals surface area contributed by atoms with Gasteiger partial charge in [0.2, 0.25) is 0 Å². The molecule has 0 fully saturated rings. The van der Waals surface area contributed by atoms with Gasteiger partial charge in [-0.2, -0.15) is 0 Å². The number of benzene rings is 1. The number of hydrogen-bond acceptors (Lipinski definition) is 7. The van der Waals surface area contributed by atoms with E-state index in [4.69, 9.17) is 21.8 Å². The van der Waals surface area contributed by atoms with E-state index < -0.39 is 21.8 Å². The second kappa shape index (κ2) is 12.5. The van der Waals surface area contributed by atoms with Crippen molar-refractivity contribution in [2.75, 3.05) is 30.8 Å². The fourth-order valence-electron chi connectivity index (χ4n) is 3.83. The molecule has 1 aromatic heterocycles. The van der Waals surface area contributed by atoms with Crippen molar-refractivity contribution < 1.29 is 28.2 Å². The lowest BCUT2D eigenvalue weighted by atomic mass is 10.00. The molecule has 3 rings (SSSR count). The van der Waals surface area contributed by atoms with Crippen LogP contribution in [0.2, 0.25) is 5.02 Å². The Morgan fingerprint density at radius 2 is 1.67 bits per heavy atom. The number of sulfone groups is 1. The molecule has 0 amide bonds. The van der Waals surface area contributed by atoms with Crippen LogP contribution in [-0.4, -0.2) is 61.4 Å². The van der Waals surface area contributed by atoms with E-state index in [1.165, 1.54) is 11.1 Å². The molecule has 0 unspecified atom stereocenters. The minimum absolute atomic E-state index is 0.0627. The Kier molecular flexibility index (Phi) is 10.3. The second-order valence-electron chi connectivity index (χ2n) is 9.80. The highest BCUT2D eigenvalue weighted by molar-refractivity contribution is 7.91. The summed E-state index contributed by atoms with van der Waals surface area (Å²) < 4.78 is 25.2. The third kappa shape index (κ3) is 8.76. The molecule has 11 heteroatoms. The van der Waals surface area contributed by atoms with Gasteiger partial charge < -0.3 is 20.4 Å². The number of fused-ring (bicyclic) bond motifs is 1. The Morgan fingerprint density at radius 1 is 1.06 bits per heavy atom. The average molecular weight is 540 g/mol. The molecule has 0 aliphatic carbocycles. The number of halogens is 1. The molecular weight excluding hydrogens is 506 g/mol. The van der Waals surface area contributed by atoms with Gasteiger partial charge in [-0.05, 0) is 60.7 Å². The number of carboxylic acids is 2. The number of aromatic nitrogens is 1. The monoisotopic (exact) mass is 539 g/mol. The van der Waals surface area contributed by atoms with Crippen LogP contribution in [0.4, 0.5) is 11.4 Å². The van der Waals surface area contributed by atoms with Crippen molar-refractivity contribution in [2.45, 2.75) is 51.5 Å². The van der Waals surface area contributed by atoms with Crippen LogP contribution in [0.5, 0.6) is 0 Å². The fourth-order valence-corrected chi connectivity index (χ4v) is 5.91. The molecular formula is C25H34ClN3O6S. The van der Waals surface area contributed by atoms with Crippen LogP contribution < -0.4 is 10.2 Å². The Labute approximate surface area is 217 Å². The van der Waals surface area contributed by atoms with Gasteiger partial charge in [-0.1, -0.05) is 38.4 Å². The van der Waals surface area contributed by atoms with Crippen molar-refractivity contribution >= 4 is 44.8 Å². The van der Waals surface area contributed by atoms with Crippen LogP contribution in [0.25, 0.3) is 0 Å². The number of nitrogens with zero attached hydrogens (tertiary/aromatic N) is 2. The maximum absolute atomic E-state index is 12.6. The normalized spacial score (nSPS) is 13.6. The lowest BCUT2D eigenvalue weighted by molar-refractivity contribution is -0.143. The molecule has 0 saturated carbocycles. The third-order valence-corrected chi connectivity index (χ3v) is 7.82. The number of carboxylic acid groups (broad SMARTS) is 2. The highest BCUT2D eigenvalue weighted by Gasteiger charge is 2.25. The number of anilines is 2. The summed E-state index contributed by atoms with van der Waals surface area (Å²) in [7, 11) is -1.47. The molecule has 1 aromatic carbocycles. The van der Waals surface area contributed by atoms with Crippen molar-refractivity contribution in [3.63, 3.8) is 0 Å². The molecule has 36 heavy (non-hydrogen) atoms. The van der Waals surface area contributed by atoms with E-state index in [0.717, 1.165) is 37.3 Å². The molecule has 1 aliphatic rings. The van der Waals surface area contributed by atoms with Gasteiger partial charge >= 0.3 is 11.9 Å². The third-order valence-electron chi connectivity index (χ3n) is 5.39. The van der Waals surface area contributed by atoms with E-state index >= 15 is 0 Å². The molecule has 3 N–H and O–H groups in total. The number of hydrogen-bond donors (Lipinski definition) is 3. The summed E-state index contributed by atoms with van der Waals surface area (Å²) in [6, 6.07) is 7.42. The van der Waals surface area contributed by atoms with Crippen molar-refractivity contribution in [3.05, 3.63) is 46.6 Å². The fraction of sp³-hybridized carbons (Fsp3) is 0.480. The van der Waals surface area contributed by atoms with Gasteiger partial charge in [0, 0.05) is 7.05 Å². The van der Waals surface area contributed by atoms with Crippen LogP contribution in [-0.2, 0) is 32.3 Å². The van der Waals surface area contributed by atoms with Gasteiger partial charge in [0.05, 0.1) is 41.2 Å². The molecule has 0 atom stereocenters. The summed E-state index contributed by atoms with van der Waals surface area (Å²) in [5, 5.41) is 20.0. The lowest BCUT2D eigenvalue weighted by Crippen LogP contribution is -2.22. The first-order valence-electron chi connectivity index (χ1n) is 11.6. The van der Waals surface area contributed by atoms with Crippen LogP contribution in [0, 0.1) is 5.41 Å². The van der Waals surface area contributed by atoms with Crippen LogP contribution >= 0.6 is 11.6 Å². The Bertz CT molecular complexity index is 1160. The van der Waals surface area contributed by atoms with E-state index in [1.807, 2.05) is 38.8 Å². The van der Waals surface area contributed by atoms with E-state index in [0.29, 0.717) is 5.02 Å². The zero-order valence-electron chi connectivity index (χ0n) is 21.0. The zero-order valence-corrected chi connectivity index (χ0v) is 22.6. The average Bonchev–Trinajstić information content (AvgIpc) is 3.02. The van der Waals surface area contributed by atoms with Crippen molar-refractivity contribution in [1.82, 2.24) is 10.3 Å². The van der Waals surface area contributed by atoms with E-state index in [9.17, 15) is 18.0 Å². The Hall–Kier alpha value is -2.69. The first-order valence-corrected chi connectivity index (χ1v) is 13.6. The first-order chi connectivity index (χ1) is 16.7. The molecule has 198 valence electrons. The number of nitrogens with one attached hydrogen (secondary N) is 1. The van der Waals surface area contributed by atoms with Crippen LogP contribution in [0.15, 0.2) is 35.5 Å². The quantitative estimate of drug-likeness (QED) is 0.477. The van der Waals surface area contributed by atoms with E-state index in [-0.39, 0.29) is 29.0 Å². The SMILES string of the molecule is CN(c1ccc(S(=O)(=O)CC(C)(C)C)nc1)c1c(Cl)ccc2c1CCNCC2.O=C(O)CCC(=O)O. The van der Waals surface area contributed by atoms with Crippen LogP contribution in [0.1, 0.15) is 44.7 Å². The van der Waals surface area contributed by atoms with Gasteiger partial charge in [0.25, 0.3) is 0 Å². The summed E-state index contributed by atoms with van der Waals surface area (Å²) in [5.74, 6) is -2.09. The summed E-state index contributed by atoms with van der Waals surface area (Å²) in [5.41, 5.74) is 3.99. The maximum atomic E-state index is 12.6. The highest BCUT2D eigenvalue weighted by Crippen LogP contribution is 2.37. The van der Waals surface area contributed by atoms with Crippen molar-refractivity contribution in [1.29, 1.82) is 0 Å². The molecule has 0 bridgehead atoms. The summed E-state index contributed by atoms with van der Waals surface area (Å²) in [4.78, 5) is 25.5. The minimum atomic E-state index is -3.42. The summed E-state index contributed by atoms with van der Waals surface area (Å²) in [6.07, 6.45) is 2.89. The molecule has 2 aromatic rings. The predicted molar refractivity (Wildman–Crippen MR) is 140 cm³/mol. The van der Waals surface area contributed by atoms with E-state index in [2.05, 4.69) is 16.4 Å². The van der Waals surface area contributed by atoms with Gasteiger partial charge in [-0.25, -0.2) is 13.4 Å². The first kappa shape index (κ1) is 29.5. The van der Waals surface area contributed by atoms with Crippen LogP contribution in [0.3, 0.4) is 0 Å². The zero-order chi connectivity index (χ0) is 27.1. The molecule has 0 saturated heterocycles. The number of aliphatic carboxylic acids is 2. The Balaban J connectivity index is 0.000000493. The van der Waals surface area contributed by atoms with Gasteiger partial charge in [0.15, 0.2) is 14.9 Å². The van der Waals surface area contributed by atoms with Gasteiger partial charge in [0.1, 0.15) is 0 Å². The van der Waals surface area contributed by atoms with Crippen molar-refractivity contribution in [3.8, 4) is 0 Å². The Morgan fingerprint density at radius 3 is 2.19 bits per heavy atom. The standard InChI is InChI=1S/C21H28ClN3O2S.C4H6O4/c1-21(2,3)14-28(26,27)19-8-6-16(13-24-19)25(4)20-17-10-12-23-11-9-15(17)5-7-18(20)22;5-3(6)1-2-4(7)8/h5-8,13,23H,9-12,14H2,1-4H3;1-2H2,(H,5,6)(H,7,8).